The van der Waals surface area contributed by atoms with E-state index in [-0.39, 0.29) is 0 Å². The van der Waals surface area contributed by atoms with Gasteiger partial charge in [0.15, 0.2) is 5.65 Å². The van der Waals surface area contributed by atoms with Gasteiger partial charge in [-0.15, -0.1) is 0 Å². The van der Waals surface area contributed by atoms with E-state index in [0.29, 0.717) is 11.4 Å². The molecule has 3 N–H and O–H groups in total. The van der Waals surface area contributed by atoms with Gasteiger partial charge in [0.25, 0.3) is 0 Å². The molecule has 16 heavy (non-hydrogen) atoms. The topological polar surface area (TPSA) is 80.1 Å². The van der Waals surface area contributed by atoms with Gasteiger partial charge in [0.2, 0.25) is 0 Å². The molecule has 2 aromatic heterocycles. The Bertz CT molecular complexity index is 579. The summed E-state index contributed by atoms with van der Waals surface area (Å²) in [7, 11) is 0. The van der Waals surface area contributed by atoms with E-state index in [9.17, 15) is 0 Å². The number of nitrogens with one attached hydrogen (secondary N) is 1. The van der Waals surface area contributed by atoms with Crippen LogP contribution in [0.3, 0.4) is 0 Å². The molecule has 0 saturated carbocycles. The molecule has 0 aromatic carbocycles. The molecule has 0 atom stereocenters. The molecule has 82 valence electrons. The van der Waals surface area contributed by atoms with Crippen LogP contribution in [0.5, 0.6) is 0 Å². The molecule has 5 heteroatoms. The van der Waals surface area contributed by atoms with Crippen molar-refractivity contribution in [2.45, 2.75) is 13.8 Å². The number of fused-ring (bicyclic) bond motifs is 1. The lowest BCUT2D eigenvalue weighted by Crippen LogP contribution is -2.04. The molecule has 5 nitrogen and oxygen atoms in total. The standard InChI is InChI=1S/C11H13N5/c1-7-5-10(9(13)3-4-12)15-16-6-8(2)14-11(7)16/h3-6,12H,13H2,1-2H3. The maximum absolute atomic E-state index is 6.97. The Hall–Kier alpha value is -2.17. The van der Waals surface area contributed by atoms with Crippen LogP contribution < -0.4 is 5.73 Å². The second-order valence-corrected chi connectivity index (χ2v) is 3.65. The minimum Gasteiger partial charge on any atom is -0.397 e. The van der Waals surface area contributed by atoms with Gasteiger partial charge in [-0.25, -0.2) is 9.50 Å². The fraction of sp³-hybridized carbons (Fsp3) is 0.182. The first-order valence-electron chi connectivity index (χ1n) is 4.92. The lowest BCUT2D eigenvalue weighted by atomic mass is 10.2. The van der Waals surface area contributed by atoms with Crippen LogP contribution in [-0.2, 0) is 0 Å². The highest BCUT2D eigenvalue weighted by Gasteiger charge is 2.06. The van der Waals surface area contributed by atoms with Crippen LogP contribution in [0.1, 0.15) is 17.0 Å². The molecule has 0 aliphatic rings. The fourth-order valence-corrected chi connectivity index (χ4v) is 1.56. The highest BCUT2D eigenvalue weighted by molar-refractivity contribution is 5.80. The molecule has 0 radical (unpaired) electrons. The van der Waals surface area contributed by atoms with E-state index in [2.05, 4.69) is 10.1 Å². The van der Waals surface area contributed by atoms with Crippen LogP contribution in [-0.4, -0.2) is 20.8 Å². The van der Waals surface area contributed by atoms with Crippen LogP contribution in [0.15, 0.2) is 18.3 Å². The number of hydrogen-bond donors (Lipinski definition) is 2. The quantitative estimate of drug-likeness (QED) is 0.741. The van der Waals surface area contributed by atoms with Gasteiger partial charge < -0.3 is 11.1 Å². The predicted octanol–water partition coefficient (Wildman–Crippen LogP) is 1.30. The molecule has 2 aromatic rings. The van der Waals surface area contributed by atoms with Crippen molar-refractivity contribution in [2.75, 3.05) is 0 Å². The summed E-state index contributed by atoms with van der Waals surface area (Å²) in [5, 5.41) is 11.3. The lowest BCUT2D eigenvalue weighted by molar-refractivity contribution is 0.910. The van der Waals surface area contributed by atoms with Crippen molar-refractivity contribution in [1.29, 1.82) is 5.41 Å². The zero-order valence-electron chi connectivity index (χ0n) is 9.23. The summed E-state index contributed by atoms with van der Waals surface area (Å²) in [4.78, 5) is 4.35. The number of nitrogens with zero attached hydrogens (tertiary/aromatic N) is 3. The second kappa shape index (κ2) is 3.77. The van der Waals surface area contributed by atoms with Crippen molar-refractivity contribution in [2.24, 2.45) is 5.73 Å². The fourth-order valence-electron chi connectivity index (χ4n) is 1.56. The smallest absolute Gasteiger partial charge is 0.156 e. The van der Waals surface area contributed by atoms with E-state index < -0.39 is 0 Å². The van der Waals surface area contributed by atoms with Gasteiger partial charge in [-0.3, -0.25) is 0 Å². The highest BCUT2D eigenvalue weighted by atomic mass is 15.3. The summed E-state index contributed by atoms with van der Waals surface area (Å²) in [6, 6.07) is 1.87. The normalized spacial score (nSPS) is 12.0. The van der Waals surface area contributed by atoms with E-state index >= 15 is 0 Å². The van der Waals surface area contributed by atoms with Crippen molar-refractivity contribution in [3.8, 4) is 0 Å². The Morgan fingerprint density at radius 3 is 2.94 bits per heavy atom. The van der Waals surface area contributed by atoms with Gasteiger partial charge in [-0.2, -0.15) is 5.10 Å². The summed E-state index contributed by atoms with van der Waals surface area (Å²) in [5.41, 5.74) is 9.69. The molecule has 0 aliphatic heterocycles. The van der Waals surface area contributed by atoms with Crippen LogP contribution >= 0.6 is 0 Å². The number of aromatic nitrogens is 3. The summed E-state index contributed by atoms with van der Waals surface area (Å²) < 4.78 is 1.71. The Balaban J connectivity index is 2.66. The Kier molecular flexibility index (Phi) is 2.44. The summed E-state index contributed by atoms with van der Waals surface area (Å²) in [6.45, 7) is 3.88. The van der Waals surface area contributed by atoms with Gasteiger partial charge in [0, 0.05) is 6.21 Å². The van der Waals surface area contributed by atoms with E-state index in [1.165, 1.54) is 6.08 Å². The first kappa shape index (κ1) is 10.4. The Labute approximate surface area is 93.1 Å². The number of aryl methyl sites for hydroxylation is 2. The van der Waals surface area contributed by atoms with Gasteiger partial charge in [-0.05, 0) is 31.6 Å². The summed E-state index contributed by atoms with van der Waals surface area (Å²) in [6.07, 6.45) is 4.51. The van der Waals surface area contributed by atoms with Crippen molar-refractivity contribution < 1.29 is 0 Å². The van der Waals surface area contributed by atoms with E-state index in [4.69, 9.17) is 11.1 Å². The number of imidazole rings is 1. The van der Waals surface area contributed by atoms with Crippen molar-refractivity contribution in [1.82, 2.24) is 14.6 Å². The maximum atomic E-state index is 6.97. The third-order valence-corrected chi connectivity index (χ3v) is 2.29. The third-order valence-electron chi connectivity index (χ3n) is 2.29. The van der Waals surface area contributed by atoms with Gasteiger partial charge in [-0.1, -0.05) is 0 Å². The number of nitrogens with two attached hydrogens (primary N) is 1. The zero-order chi connectivity index (χ0) is 11.7. The molecule has 0 amide bonds. The van der Waals surface area contributed by atoms with Crippen molar-refractivity contribution in [3.05, 3.63) is 35.3 Å². The molecular formula is C11H13N5. The molecular weight excluding hydrogens is 202 g/mol. The largest absolute Gasteiger partial charge is 0.397 e. The molecule has 0 saturated heterocycles. The maximum Gasteiger partial charge on any atom is 0.156 e. The minimum atomic E-state index is 0.478. The van der Waals surface area contributed by atoms with Gasteiger partial charge in [0.05, 0.1) is 17.6 Å². The third kappa shape index (κ3) is 1.67. The molecule has 2 rings (SSSR count). The molecule has 0 spiro atoms. The molecule has 0 aliphatic carbocycles. The predicted molar refractivity (Wildman–Crippen MR) is 63.4 cm³/mol. The first-order valence-corrected chi connectivity index (χ1v) is 4.92. The van der Waals surface area contributed by atoms with Crippen molar-refractivity contribution >= 4 is 17.6 Å². The minimum absolute atomic E-state index is 0.478. The average Bonchev–Trinajstić information content (AvgIpc) is 2.59. The Morgan fingerprint density at radius 2 is 2.25 bits per heavy atom. The van der Waals surface area contributed by atoms with E-state index in [1.807, 2.05) is 26.1 Å². The molecule has 0 fully saturated rings. The second-order valence-electron chi connectivity index (χ2n) is 3.65. The summed E-state index contributed by atoms with van der Waals surface area (Å²) in [5.74, 6) is 0. The van der Waals surface area contributed by atoms with E-state index in [0.717, 1.165) is 23.1 Å². The van der Waals surface area contributed by atoms with Gasteiger partial charge >= 0.3 is 0 Å². The first-order chi connectivity index (χ1) is 7.61. The van der Waals surface area contributed by atoms with Crippen LogP contribution in [0, 0.1) is 19.3 Å². The highest BCUT2D eigenvalue weighted by Crippen LogP contribution is 2.13. The van der Waals surface area contributed by atoms with E-state index in [1.54, 1.807) is 4.52 Å². The number of rotatable bonds is 2. The van der Waals surface area contributed by atoms with Crippen LogP contribution in [0.2, 0.25) is 0 Å². The lowest BCUT2D eigenvalue weighted by Gasteiger charge is -2.03. The SMILES string of the molecule is Cc1cn2nc(C(N)=CC=N)cc(C)c2n1. The molecule has 2 heterocycles. The number of allylic oxidation sites excluding steroid dienone is 1. The monoisotopic (exact) mass is 215 g/mol. The van der Waals surface area contributed by atoms with Crippen LogP contribution in [0.25, 0.3) is 11.3 Å². The number of hydrogen-bond acceptors (Lipinski definition) is 4. The molecule has 0 bridgehead atoms. The van der Waals surface area contributed by atoms with Crippen LogP contribution in [0.4, 0.5) is 0 Å². The zero-order valence-corrected chi connectivity index (χ0v) is 9.23. The summed E-state index contributed by atoms with van der Waals surface area (Å²) >= 11 is 0. The Morgan fingerprint density at radius 1 is 1.50 bits per heavy atom. The average molecular weight is 215 g/mol. The van der Waals surface area contributed by atoms with Crippen molar-refractivity contribution in [3.63, 3.8) is 0 Å². The molecule has 0 unspecified atom stereocenters. The van der Waals surface area contributed by atoms with Gasteiger partial charge in [0.1, 0.15) is 5.69 Å².